The van der Waals surface area contributed by atoms with Gasteiger partial charge in [-0.25, -0.2) is 4.79 Å². The molecule has 0 saturated carbocycles. The molecule has 1 amide bonds. The molecule has 0 bridgehead atoms. The summed E-state index contributed by atoms with van der Waals surface area (Å²) in [6.45, 7) is 2.37. The standard InChI is InChI=1S/C19H16N2O4/c1-2-25-17-5-3-4-16(11-17)21-18(22)15(12-20)10-13-6-8-14(9-7-13)19(23)24/h3-11H,2H2,1H3,(H,21,22)(H,23,24)/b15-10-. The Morgan fingerprint density at radius 2 is 1.96 bits per heavy atom. The lowest BCUT2D eigenvalue weighted by Crippen LogP contribution is -2.13. The number of hydrogen-bond acceptors (Lipinski definition) is 4. The highest BCUT2D eigenvalue weighted by Gasteiger charge is 2.10. The summed E-state index contributed by atoms with van der Waals surface area (Å²) in [5.41, 5.74) is 1.11. The van der Waals surface area contributed by atoms with E-state index in [-0.39, 0.29) is 11.1 Å². The van der Waals surface area contributed by atoms with Crippen molar-refractivity contribution in [1.82, 2.24) is 0 Å². The minimum absolute atomic E-state index is 0.0927. The predicted molar refractivity (Wildman–Crippen MR) is 93.2 cm³/mol. The minimum Gasteiger partial charge on any atom is -0.494 e. The fraction of sp³-hybridized carbons (Fsp3) is 0.105. The van der Waals surface area contributed by atoms with Crippen LogP contribution >= 0.6 is 0 Å². The van der Waals surface area contributed by atoms with Gasteiger partial charge in [-0.3, -0.25) is 4.79 Å². The summed E-state index contributed by atoms with van der Waals surface area (Å²) >= 11 is 0. The van der Waals surface area contributed by atoms with Gasteiger partial charge in [0.2, 0.25) is 0 Å². The predicted octanol–water partition coefficient (Wildman–Crippen LogP) is 3.33. The third-order valence-corrected chi connectivity index (χ3v) is 3.24. The summed E-state index contributed by atoms with van der Waals surface area (Å²) < 4.78 is 5.36. The SMILES string of the molecule is CCOc1cccc(NC(=O)/C(C#N)=C\c2ccc(C(=O)O)cc2)c1. The van der Waals surface area contributed by atoms with Gasteiger partial charge in [-0.05, 0) is 42.8 Å². The van der Waals surface area contributed by atoms with Gasteiger partial charge in [0.05, 0.1) is 12.2 Å². The summed E-state index contributed by atoms with van der Waals surface area (Å²) in [6, 6.07) is 14.6. The van der Waals surface area contributed by atoms with Crippen LogP contribution in [0.5, 0.6) is 5.75 Å². The van der Waals surface area contributed by atoms with E-state index in [0.29, 0.717) is 23.6 Å². The largest absolute Gasteiger partial charge is 0.494 e. The van der Waals surface area contributed by atoms with Crippen LogP contribution < -0.4 is 10.1 Å². The van der Waals surface area contributed by atoms with Crippen molar-refractivity contribution in [2.75, 3.05) is 11.9 Å². The highest BCUT2D eigenvalue weighted by molar-refractivity contribution is 6.09. The zero-order chi connectivity index (χ0) is 18.2. The van der Waals surface area contributed by atoms with Crippen LogP contribution in [0.25, 0.3) is 6.08 Å². The van der Waals surface area contributed by atoms with E-state index in [1.165, 1.54) is 30.3 Å². The third-order valence-electron chi connectivity index (χ3n) is 3.24. The molecule has 0 unspecified atom stereocenters. The molecule has 6 heteroatoms. The molecule has 0 aliphatic carbocycles. The zero-order valence-electron chi connectivity index (χ0n) is 13.5. The Kier molecular flexibility index (Phi) is 5.91. The molecule has 126 valence electrons. The van der Waals surface area contributed by atoms with Crippen LogP contribution in [0.2, 0.25) is 0 Å². The Balaban J connectivity index is 2.16. The summed E-state index contributed by atoms with van der Waals surface area (Å²) in [5.74, 6) is -0.978. The molecule has 2 N–H and O–H groups in total. The molecule has 0 heterocycles. The molecule has 0 atom stereocenters. The van der Waals surface area contributed by atoms with Gasteiger partial charge in [0.15, 0.2) is 0 Å². The van der Waals surface area contributed by atoms with Gasteiger partial charge in [0.25, 0.3) is 5.91 Å². The second-order valence-corrected chi connectivity index (χ2v) is 5.01. The van der Waals surface area contributed by atoms with Gasteiger partial charge >= 0.3 is 5.97 Å². The number of nitrogens with one attached hydrogen (secondary N) is 1. The van der Waals surface area contributed by atoms with Gasteiger partial charge in [0, 0.05) is 11.8 Å². The van der Waals surface area contributed by atoms with Crippen LogP contribution in [0.15, 0.2) is 54.1 Å². The molecule has 2 aromatic rings. The molecule has 0 spiro atoms. The lowest BCUT2D eigenvalue weighted by molar-refractivity contribution is -0.112. The van der Waals surface area contributed by atoms with Crippen molar-refractivity contribution >= 4 is 23.6 Å². The first-order valence-corrected chi connectivity index (χ1v) is 7.53. The molecule has 2 aromatic carbocycles. The molecule has 25 heavy (non-hydrogen) atoms. The summed E-state index contributed by atoms with van der Waals surface area (Å²) in [4.78, 5) is 23.1. The van der Waals surface area contributed by atoms with Crippen molar-refractivity contribution < 1.29 is 19.4 Å². The van der Waals surface area contributed by atoms with Crippen molar-refractivity contribution in [3.05, 3.63) is 65.2 Å². The van der Waals surface area contributed by atoms with Crippen molar-refractivity contribution in [2.45, 2.75) is 6.92 Å². The van der Waals surface area contributed by atoms with Gasteiger partial charge in [-0.15, -0.1) is 0 Å². The maximum absolute atomic E-state index is 12.3. The van der Waals surface area contributed by atoms with Gasteiger partial charge in [-0.1, -0.05) is 18.2 Å². The Morgan fingerprint density at radius 3 is 2.56 bits per heavy atom. The summed E-state index contributed by atoms with van der Waals surface area (Å²) in [5, 5.41) is 20.7. The molecular formula is C19H16N2O4. The lowest BCUT2D eigenvalue weighted by Gasteiger charge is -2.07. The Bertz CT molecular complexity index is 848. The number of benzene rings is 2. The van der Waals surface area contributed by atoms with E-state index in [1.54, 1.807) is 24.3 Å². The first-order chi connectivity index (χ1) is 12.0. The number of carboxylic acids is 1. The van der Waals surface area contributed by atoms with Crippen molar-refractivity contribution in [3.63, 3.8) is 0 Å². The number of nitrogens with zero attached hydrogens (tertiary/aromatic N) is 1. The minimum atomic E-state index is -1.04. The quantitative estimate of drug-likeness (QED) is 0.622. The van der Waals surface area contributed by atoms with E-state index in [9.17, 15) is 14.9 Å². The number of carbonyl (C=O) groups is 2. The lowest BCUT2D eigenvalue weighted by atomic mass is 10.1. The fourth-order valence-corrected chi connectivity index (χ4v) is 2.07. The van der Waals surface area contributed by atoms with Gasteiger partial charge in [0.1, 0.15) is 17.4 Å². The molecule has 2 rings (SSSR count). The number of aromatic carboxylic acids is 1. The van der Waals surface area contributed by atoms with Crippen LogP contribution in [-0.2, 0) is 4.79 Å². The van der Waals surface area contributed by atoms with Crippen LogP contribution in [0.3, 0.4) is 0 Å². The number of rotatable bonds is 6. The third kappa shape index (κ3) is 4.94. The molecule has 0 aliphatic rings. The van der Waals surface area contributed by atoms with E-state index in [4.69, 9.17) is 9.84 Å². The smallest absolute Gasteiger partial charge is 0.335 e. The van der Waals surface area contributed by atoms with E-state index in [0.717, 1.165) is 0 Å². The highest BCUT2D eigenvalue weighted by atomic mass is 16.5. The number of anilines is 1. The number of amides is 1. The molecular weight excluding hydrogens is 320 g/mol. The molecule has 0 radical (unpaired) electrons. The first kappa shape index (κ1) is 17.8. The van der Waals surface area contributed by atoms with Crippen LogP contribution in [-0.4, -0.2) is 23.6 Å². The second kappa shape index (κ2) is 8.31. The van der Waals surface area contributed by atoms with E-state index >= 15 is 0 Å². The van der Waals surface area contributed by atoms with Crippen LogP contribution in [0, 0.1) is 11.3 Å². The second-order valence-electron chi connectivity index (χ2n) is 5.01. The van der Waals surface area contributed by atoms with Gasteiger partial charge in [-0.2, -0.15) is 5.26 Å². The molecule has 0 aliphatic heterocycles. The van der Waals surface area contributed by atoms with E-state index in [1.807, 2.05) is 13.0 Å². The van der Waals surface area contributed by atoms with Crippen molar-refractivity contribution in [1.29, 1.82) is 5.26 Å². The Hall–Kier alpha value is -3.59. The van der Waals surface area contributed by atoms with Crippen LogP contribution in [0.1, 0.15) is 22.8 Å². The van der Waals surface area contributed by atoms with Crippen molar-refractivity contribution in [2.24, 2.45) is 0 Å². The van der Waals surface area contributed by atoms with E-state index < -0.39 is 11.9 Å². The average molecular weight is 336 g/mol. The number of carbonyl (C=O) groups excluding carboxylic acids is 1. The highest BCUT2D eigenvalue weighted by Crippen LogP contribution is 2.18. The summed E-state index contributed by atoms with van der Waals surface area (Å²) in [6.07, 6.45) is 1.40. The van der Waals surface area contributed by atoms with Crippen molar-refractivity contribution in [3.8, 4) is 11.8 Å². The van der Waals surface area contributed by atoms with E-state index in [2.05, 4.69) is 5.32 Å². The molecule has 0 saturated heterocycles. The molecule has 6 nitrogen and oxygen atoms in total. The molecule has 0 fully saturated rings. The Labute approximate surface area is 145 Å². The maximum Gasteiger partial charge on any atom is 0.335 e. The van der Waals surface area contributed by atoms with Gasteiger partial charge < -0.3 is 15.2 Å². The normalized spacial score (nSPS) is 10.6. The first-order valence-electron chi connectivity index (χ1n) is 7.53. The number of ether oxygens (including phenoxy) is 1. The molecule has 0 aromatic heterocycles. The average Bonchev–Trinajstić information content (AvgIpc) is 2.60. The number of hydrogen-bond donors (Lipinski definition) is 2. The number of carboxylic acid groups (broad SMARTS) is 1. The topological polar surface area (TPSA) is 99.4 Å². The fourth-order valence-electron chi connectivity index (χ4n) is 2.07. The maximum atomic E-state index is 12.3. The Morgan fingerprint density at radius 1 is 1.24 bits per heavy atom. The number of nitriles is 1. The monoisotopic (exact) mass is 336 g/mol. The van der Waals surface area contributed by atoms with Crippen LogP contribution in [0.4, 0.5) is 5.69 Å². The summed E-state index contributed by atoms with van der Waals surface area (Å²) in [7, 11) is 0. The zero-order valence-corrected chi connectivity index (χ0v) is 13.5.